The molecule has 0 saturated carbocycles. The third-order valence-corrected chi connectivity index (χ3v) is 8.02. The number of piperidine rings is 1. The third-order valence-electron chi connectivity index (χ3n) is 8.02. The summed E-state index contributed by atoms with van der Waals surface area (Å²) in [6.07, 6.45) is 0.916. The van der Waals surface area contributed by atoms with Gasteiger partial charge in [0.25, 0.3) is 0 Å². The van der Waals surface area contributed by atoms with Crippen LogP contribution in [0.5, 0.6) is 0 Å². The fraction of sp³-hybridized carbons (Fsp3) is 0.591. The van der Waals surface area contributed by atoms with Crippen molar-refractivity contribution in [3.8, 4) is 0 Å². The molecule has 1 aromatic rings. The van der Waals surface area contributed by atoms with E-state index < -0.39 is 11.7 Å². The lowest BCUT2D eigenvalue weighted by Crippen LogP contribution is -2.64. The topological polar surface area (TPSA) is 80.3 Å². The predicted molar refractivity (Wildman–Crippen MR) is 104 cm³/mol. The van der Waals surface area contributed by atoms with E-state index >= 15 is 0 Å². The Hall–Kier alpha value is -1.93. The monoisotopic (exact) mass is 398 g/mol. The molecule has 0 amide bonds. The van der Waals surface area contributed by atoms with Crippen molar-refractivity contribution >= 4 is 11.7 Å². The number of hydrogen-bond acceptors (Lipinski definition) is 7. The van der Waals surface area contributed by atoms with Crippen LogP contribution in [0.1, 0.15) is 24.8 Å². The van der Waals surface area contributed by atoms with E-state index in [-0.39, 0.29) is 29.6 Å². The summed E-state index contributed by atoms with van der Waals surface area (Å²) in [4.78, 5) is 15.5. The molecule has 29 heavy (non-hydrogen) atoms. The lowest BCUT2D eigenvalue weighted by Gasteiger charge is -2.56. The number of para-hydroxylation sites is 1. The van der Waals surface area contributed by atoms with Gasteiger partial charge in [0, 0.05) is 49.5 Å². The lowest BCUT2D eigenvalue weighted by molar-refractivity contribution is -0.139. The number of anilines is 1. The van der Waals surface area contributed by atoms with Gasteiger partial charge in [-0.3, -0.25) is 4.90 Å². The van der Waals surface area contributed by atoms with Crippen molar-refractivity contribution < 1.29 is 24.1 Å². The van der Waals surface area contributed by atoms with E-state index in [0.29, 0.717) is 18.4 Å². The van der Waals surface area contributed by atoms with Gasteiger partial charge in [-0.2, -0.15) is 0 Å². The van der Waals surface area contributed by atoms with Crippen LogP contribution in [0.15, 0.2) is 35.5 Å². The van der Waals surface area contributed by atoms with E-state index in [2.05, 4.69) is 22.3 Å². The van der Waals surface area contributed by atoms with Gasteiger partial charge >= 0.3 is 5.97 Å². The molecule has 5 aliphatic rings. The molecule has 154 valence electrons. The Bertz CT molecular complexity index is 932. The SMILES string of the molecule is COC(=O)C1=C2Nc3ccccc3[C@@]23[C@H](OC)CN2CC[C@@H]4O[C@@H](O)C[C@]4(C1)[C@H]23. The molecule has 2 N–H and O–H groups in total. The van der Waals surface area contributed by atoms with Crippen molar-refractivity contribution in [2.45, 2.75) is 49.2 Å². The van der Waals surface area contributed by atoms with Gasteiger partial charge in [0.2, 0.25) is 0 Å². The summed E-state index contributed by atoms with van der Waals surface area (Å²) < 4.78 is 17.3. The average molecular weight is 398 g/mol. The number of rotatable bonds is 2. The number of carbonyl (C=O) groups is 1. The second-order valence-corrected chi connectivity index (χ2v) is 8.99. The van der Waals surface area contributed by atoms with Crippen LogP contribution in [-0.2, 0) is 24.4 Å². The molecule has 0 bridgehead atoms. The standard InChI is InChI=1S/C22H26N2O5/c1-27-16-11-24-8-7-15-21(10-17(25)29-15)9-12(19(26)28-2)18-22(16,20(21)24)13-5-3-4-6-14(13)23-18/h3-6,15-17,20,23,25H,7-11H2,1-2H3/t15-,16+,17+,20-,21-,22+/m0/s1. The Kier molecular flexibility index (Phi) is 3.59. The number of hydrogen-bond donors (Lipinski definition) is 2. The number of ether oxygens (including phenoxy) is 3. The number of aliphatic hydroxyl groups excluding tert-OH is 1. The van der Waals surface area contributed by atoms with Gasteiger partial charge in [0.05, 0.1) is 30.3 Å². The molecule has 4 heterocycles. The predicted octanol–water partition coefficient (Wildman–Crippen LogP) is 1.38. The van der Waals surface area contributed by atoms with Gasteiger partial charge < -0.3 is 24.6 Å². The largest absolute Gasteiger partial charge is 0.466 e. The second kappa shape index (κ2) is 5.82. The highest BCUT2D eigenvalue weighted by Crippen LogP contribution is 2.67. The first-order chi connectivity index (χ1) is 14.1. The second-order valence-electron chi connectivity index (χ2n) is 8.99. The molecule has 7 nitrogen and oxygen atoms in total. The van der Waals surface area contributed by atoms with Crippen LogP contribution in [0.2, 0.25) is 0 Å². The first kappa shape index (κ1) is 17.9. The number of benzene rings is 1. The van der Waals surface area contributed by atoms with Crippen molar-refractivity contribution in [1.29, 1.82) is 0 Å². The minimum absolute atomic E-state index is 0.0831. The van der Waals surface area contributed by atoms with E-state index in [1.165, 1.54) is 7.11 Å². The molecule has 0 unspecified atom stereocenters. The van der Waals surface area contributed by atoms with E-state index in [9.17, 15) is 9.90 Å². The first-order valence-electron chi connectivity index (χ1n) is 10.3. The Balaban J connectivity index is 1.69. The van der Waals surface area contributed by atoms with Crippen LogP contribution in [0.3, 0.4) is 0 Å². The molecular weight excluding hydrogens is 372 g/mol. The van der Waals surface area contributed by atoms with Gasteiger partial charge in [-0.15, -0.1) is 0 Å². The zero-order chi connectivity index (χ0) is 20.0. The summed E-state index contributed by atoms with van der Waals surface area (Å²) in [5.74, 6) is -0.313. The molecule has 6 atom stereocenters. The Morgan fingerprint density at radius 3 is 2.97 bits per heavy atom. The summed E-state index contributed by atoms with van der Waals surface area (Å²) >= 11 is 0. The molecule has 2 spiro atoms. The number of aliphatic hydroxyl groups is 1. The highest BCUT2D eigenvalue weighted by atomic mass is 16.6. The van der Waals surface area contributed by atoms with Crippen LogP contribution in [0.4, 0.5) is 5.69 Å². The average Bonchev–Trinajstić information content (AvgIpc) is 3.36. The summed E-state index contributed by atoms with van der Waals surface area (Å²) in [6.45, 7) is 1.69. The highest BCUT2D eigenvalue weighted by molar-refractivity contribution is 5.93. The summed E-state index contributed by atoms with van der Waals surface area (Å²) in [5.41, 5.74) is 2.91. The Morgan fingerprint density at radius 1 is 1.34 bits per heavy atom. The Morgan fingerprint density at radius 2 is 2.17 bits per heavy atom. The maximum absolute atomic E-state index is 13.0. The van der Waals surface area contributed by atoms with Crippen LogP contribution >= 0.6 is 0 Å². The van der Waals surface area contributed by atoms with Crippen molar-refractivity contribution in [2.75, 3.05) is 32.6 Å². The molecule has 0 aromatic heterocycles. The maximum Gasteiger partial charge on any atom is 0.335 e. The molecule has 6 rings (SSSR count). The van der Waals surface area contributed by atoms with Gasteiger partial charge in [0.15, 0.2) is 6.29 Å². The van der Waals surface area contributed by atoms with Gasteiger partial charge in [-0.1, -0.05) is 18.2 Å². The van der Waals surface area contributed by atoms with Crippen LogP contribution in [0, 0.1) is 5.41 Å². The van der Waals surface area contributed by atoms with E-state index in [1.54, 1.807) is 7.11 Å². The molecule has 7 heteroatoms. The van der Waals surface area contributed by atoms with Crippen molar-refractivity contribution in [3.63, 3.8) is 0 Å². The zero-order valence-corrected chi connectivity index (χ0v) is 16.7. The van der Waals surface area contributed by atoms with E-state index in [4.69, 9.17) is 14.2 Å². The van der Waals surface area contributed by atoms with E-state index in [0.717, 1.165) is 36.5 Å². The normalized spacial score (nSPS) is 42.0. The van der Waals surface area contributed by atoms with Crippen LogP contribution in [0.25, 0.3) is 0 Å². The molecular formula is C22H26N2O5. The fourth-order valence-electron chi connectivity index (χ4n) is 7.25. The fourth-order valence-corrected chi connectivity index (χ4v) is 7.25. The lowest BCUT2D eigenvalue weighted by atomic mass is 9.52. The molecule has 1 aromatic carbocycles. The summed E-state index contributed by atoms with van der Waals surface area (Å²) in [5, 5.41) is 14.1. The zero-order valence-electron chi connectivity index (χ0n) is 16.7. The van der Waals surface area contributed by atoms with Crippen molar-refractivity contribution in [1.82, 2.24) is 4.90 Å². The number of nitrogens with one attached hydrogen (secondary N) is 1. The summed E-state index contributed by atoms with van der Waals surface area (Å²) in [6, 6.07) is 8.36. The molecule has 4 aliphatic heterocycles. The molecule has 1 aliphatic carbocycles. The third kappa shape index (κ3) is 1.95. The highest BCUT2D eigenvalue weighted by Gasteiger charge is 2.74. The molecule has 3 fully saturated rings. The number of nitrogens with zero attached hydrogens (tertiary/aromatic N) is 1. The maximum atomic E-state index is 13.0. The van der Waals surface area contributed by atoms with Gasteiger partial charge in [-0.05, 0) is 24.5 Å². The molecule has 3 saturated heterocycles. The van der Waals surface area contributed by atoms with Crippen LogP contribution < -0.4 is 5.32 Å². The van der Waals surface area contributed by atoms with Crippen molar-refractivity contribution in [3.05, 3.63) is 41.1 Å². The number of methoxy groups -OCH3 is 2. The number of carbonyl (C=O) groups excluding carboxylic acids is 1. The van der Waals surface area contributed by atoms with Crippen molar-refractivity contribution in [2.24, 2.45) is 5.41 Å². The van der Waals surface area contributed by atoms with Gasteiger partial charge in [0.1, 0.15) is 0 Å². The van der Waals surface area contributed by atoms with Gasteiger partial charge in [-0.25, -0.2) is 4.79 Å². The minimum atomic E-state index is -0.802. The smallest absolute Gasteiger partial charge is 0.335 e. The summed E-state index contributed by atoms with van der Waals surface area (Å²) in [7, 11) is 3.19. The quantitative estimate of drug-likeness (QED) is 0.729. The first-order valence-corrected chi connectivity index (χ1v) is 10.3. The Labute approximate surface area is 169 Å². The van der Waals surface area contributed by atoms with Crippen LogP contribution in [-0.4, -0.2) is 67.8 Å². The van der Waals surface area contributed by atoms with E-state index in [1.807, 2.05) is 12.1 Å². The number of fused-ring (bicyclic) bond motifs is 1. The number of esters is 1. The molecule has 0 radical (unpaired) electrons. The minimum Gasteiger partial charge on any atom is -0.466 e.